The molecule has 9 heteroatoms. The standard InChI is InChI=1S/C21H19ClN4OS3/c1-11-12(2)30-20-18(11)19(23-13(3)24-20)28-9-16-10-29-21(25-16)26(14(4)27)17-7-5-6-15(22)8-17/h5-8,10H,9H2,1-4H3. The van der Waals surface area contributed by atoms with Crippen molar-refractivity contribution in [2.45, 2.75) is 38.5 Å². The Hall–Kier alpha value is -2.00. The van der Waals surface area contributed by atoms with Crippen LogP contribution in [0, 0.1) is 20.8 Å². The van der Waals surface area contributed by atoms with Gasteiger partial charge >= 0.3 is 0 Å². The fourth-order valence-corrected chi connectivity index (χ4v) is 6.41. The number of hydrogen-bond donors (Lipinski definition) is 0. The summed E-state index contributed by atoms with van der Waals surface area (Å²) in [5.74, 6) is 1.33. The number of carbonyl (C=O) groups excluding carboxylic acids is 1. The van der Waals surface area contributed by atoms with Crippen LogP contribution in [-0.4, -0.2) is 20.9 Å². The minimum atomic E-state index is -0.108. The Labute approximate surface area is 192 Å². The minimum Gasteiger partial charge on any atom is -0.274 e. The molecule has 0 bridgehead atoms. The van der Waals surface area contributed by atoms with Crippen molar-refractivity contribution in [1.82, 2.24) is 15.0 Å². The van der Waals surface area contributed by atoms with Crippen LogP contribution in [0.4, 0.5) is 10.8 Å². The van der Waals surface area contributed by atoms with E-state index in [4.69, 9.17) is 16.6 Å². The lowest BCUT2D eigenvalue weighted by Gasteiger charge is -2.18. The minimum absolute atomic E-state index is 0.108. The number of hydrogen-bond acceptors (Lipinski definition) is 7. The highest BCUT2D eigenvalue weighted by atomic mass is 35.5. The highest BCUT2D eigenvalue weighted by Gasteiger charge is 2.19. The highest BCUT2D eigenvalue weighted by Crippen LogP contribution is 2.37. The van der Waals surface area contributed by atoms with Gasteiger partial charge in [0.25, 0.3) is 0 Å². The number of aryl methyl sites for hydroxylation is 3. The summed E-state index contributed by atoms with van der Waals surface area (Å²) in [7, 11) is 0. The molecule has 0 N–H and O–H groups in total. The lowest BCUT2D eigenvalue weighted by molar-refractivity contribution is -0.115. The van der Waals surface area contributed by atoms with E-state index in [1.807, 2.05) is 24.4 Å². The first kappa shape index (κ1) is 21.2. The lowest BCUT2D eigenvalue weighted by atomic mass is 10.2. The predicted molar refractivity (Wildman–Crippen MR) is 128 cm³/mol. The third-order valence-electron chi connectivity index (χ3n) is 4.58. The Bertz CT molecular complexity index is 1250. The topological polar surface area (TPSA) is 59.0 Å². The van der Waals surface area contributed by atoms with Gasteiger partial charge in [-0.05, 0) is 44.5 Å². The molecular weight excluding hydrogens is 456 g/mol. The van der Waals surface area contributed by atoms with Gasteiger partial charge in [-0.1, -0.05) is 29.4 Å². The molecule has 0 unspecified atom stereocenters. The third kappa shape index (κ3) is 4.23. The summed E-state index contributed by atoms with van der Waals surface area (Å²) >= 11 is 10.9. The smallest absolute Gasteiger partial charge is 0.230 e. The number of nitrogens with zero attached hydrogens (tertiary/aromatic N) is 4. The first-order valence-electron chi connectivity index (χ1n) is 9.21. The maximum atomic E-state index is 12.3. The van der Waals surface area contributed by atoms with Crippen molar-refractivity contribution in [3.8, 4) is 0 Å². The van der Waals surface area contributed by atoms with Crippen molar-refractivity contribution in [1.29, 1.82) is 0 Å². The number of thiophene rings is 1. The average molecular weight is 475 g/mol. The Morgan fingerprint density at radius 3 is 2.73 bits per heavy atom. The molecule has 0 spiro atoms. The Balaban J connectivity index is 1.60. The van der Waals surface area contributed by atoms with Crippen LogP contribution < -0.4 is 4.90 Å². The van der Waals surface area contributed by atoms with Gasteiger partial charge in [0.2, 0.25) is 5.91 Å². The zero-order valence-corrected chi connectivity index (χ0v) is 20.1. The van der Waals surface area contributed by atoms with E-state index in [2.05, 4.69) is 23.8 Å². The number of rotatable bonds is 5. The fraction of sp³-hybridized carbons (Fsp3) is 0.238. The molecule has 0 aliphatic carbocycles. The number of amides is 1. The van der Waals surface area contributed by atoms with E-state index in [1.54, 1.807) is 40.1 Å². The molecule has 0 atom stereocenters. The van der Waals surface area contributed by atoms with Gasteiger partial charge in [-0.25, -0.2) is 15.0 Å². The molecule has 0 aliphatic rings. The molecule has 0 fully saturated rings. The average Bonchev–Trinajstić information content (AvgIpc) is 3.24. The second-order valence-electron chi connectivity index (χ2n) is 6.78. The van der Waals surface area contributed by atoms with Crippen LogP contribution in [0.1, 0.15) is 28.9 Å². The lowest BCUT2D eigenvalue weighted by Crippen LogP contribution is -2.22. The SMILES string of the molecule is CC(=O)N(c1cccc(Cl)c1)c1nc(CSc2nc(C)nc3sc(C)c(C)c23)cs1. The second kappa shape index (κ2) is 8.63. The molecular formula is C21H19ClN4OS3. The van der Waals surface area contributed by atoms with Crippen LogP contribution in [0.15, 0.2) is 34.7 Å². The van der Waals surface area contributed by atoms with E-state index in [0.717, 1.165) is 26.8 Å². The quantitative estimate of drug-likeness (QED) is 0.238. The molecule has 4 rings (SSSR count). The van der Waals surface area contributed by atoms with Gasteiger partial charge in [0, 0.05) is 33.3 Å². The Kier molecular flexibility index (Phi) is 6.11. The molecule has 1 amide bonds. The van der Waals surface area contributed by atoms with E-state index in [0.29, 0.717) is 21.6 Å². The summed E-state index contributed by atoms with van der Waals surface area (Å²) in [6, 6.07) is 7.23. The van der Waals surface area contributed by atoms with E-state index < -0.39 is 0 Å². The molecule has 0 aliphatic heterocycles. The van der Waals surface area contributed by atoms with Crippen molar-refractivity contribution < 1.29 is 4.79 Å². The van der Waals surface area contributed by atoms with Gasteiger partial charge in [-0.2, -0.15) is 0 Å². The summed E-state index contributed by atoms with van der Waals surface area (Å²) < 4.78 is 0. The van der Waals surface area contributed by atoms with Crippen molar-refractivity contribution in [2.24, 2.45) is 0 Å². The van der Waals surface area contributed by atoms with Crippen LogP contribution in [0.25, 0.3) is 10.2 Å². The zero-order valence-electron chi connectivity index (χ0n) is 16.9. The number of thioether (sulfide) groups is 1. The molecule has 30 heavy (non-hydrogen) atoms. The van der Waals surface area contributed by atoms with Crippen molar-refractivity contribution in [2.75, 3.05) is 4.90 Å². The van der Waals surface area contributed by atoms with E-state index in [9.17, 15) is 4.79 Å². The highest BCUT2D eigenvalue weighted by molar-refractivity contribution is 7.98. The normalized spacial score (nSPS) is 11.2. The number of thiazole rings is 1. The molecule has 1 aromatic carbocycles. The van der Waals surface area contributed by atoms with Crippen molar-refractivity contribution in [3.63, 3.8) is 0 Å². The van der Waals surface area contributed by atoms with Gasteiger partial charge in [-0.3, -0.25) is 9.69 Å². The summed E-state index contributed by atoms with van der Waals surface area (Å²) in [6.45, 7) is 7.68. The van der Waals surface area contributed by atoms with Crippen molar-refractivity contribution >= 4 is 73.0 Å². The first-order chi connectivity index (χ1) is 14.3. The Morgan fingerprint density at radius 2 is 2.00 bits per heavy atom. The zero-order chi connectivity index (χ0) is 21.4. The molecule has 3 heterocycles. The number of benzene rings is 1. The van der Waals surface area contributed by atoms with Gasteiger partial charge in [-0.15, -0.1) is 22.7 Å². The molecule has 3 aromatic heterocycles. The van der Waals surface area contributed by atoms with Gasteiger partial charge in [0.05, 0.1) is 11.4 Å². The van der Waals surface area contributed by atoms with Crippen LogP contribution in [0.2, 0.25) is 5.02 Å². The summed E-state index contributed by atoms with van der Waals surface area (Å²) in [5, 5.41) is 5.31. The van der Waals surface area contributed by atoms with Crippen molar-refractivity contribution in [3.05, 3.63) is 56.6 Å². The second-order valence-corrected chi connectivity index (χ2v) is 10.2. The van der Waals surface area contributed by atoms with Gasteiger partial charge in [0.1, 0.15) is 15.7 Å². The number of halogens is 1. The number of anilines is 2. The van der Waals surface area contributed by atoms with Crippen LogP contribution in [0.5, 0.6) is 0 Å². The van der Waals surface area contributed by atoms with E-state index >= 15 is 0 Å². The summed E-state index contributed by atoms with van der Waals surface area (Å²) in [6.07, 6.45) is 0. The Morgan fingerprint density at radius 1 is 1.20 bits per heavy atom. The fourth-order valence-electron chi connectivity index (χ4n) is 3.07. The third-order valence-corrected chi connectivity index (χ3v) is 7.80. The largest absolute Gasteiger partial charge is 0.274 e. The molecule has 0 saturated carbocycles. The first-order valence-corrected chi connectivity index (χ1v) is 12.3. The van der Waals surface area contributed by atoms with Gasteiger partial charge in [0.15, 0.2) is 5.13 Å². The number of fused-ring (bicyclic) bond motifs is 1. The van der Waals surface area contributed by atoms with Crippen LogP contribution in [-0.2, 0) is 10.5 Å². The van der Waals surface area contributed by atoms with Crippen LogP contribution in [0.3, 0.4) is 0 Å². The predicted octanol–water partition coefficient (Wildman–Crippen LogP) is 6.70. The molecule has 5 nitrogen and oxygen atoms in total. The molecule has 4 aromatic rings. The summed E-state index contributed by atoms with van der Waals surface area (Å²) in [4.78, 5) is 30.1. The van der Waals surface area contributed by atoms with E-state index in [-0.39, 0.29) is 5.91 Å². The number of carbonyl (C=O) groups is 1. The maximum Gasteiger partial charge on any atom is 0.230 e. The van der Waals surface area contributed by atoms with E-state index in [1.165, 1.54) is 28.7 Å². The summed E-state index contributed by atoms with van der Waals surface area (Å²) in [5.41, 5.74) is 2.85. The molecule has 0 saturated heterocycles. The molecule has 0 radical (unpaired) electrons. The maximum absolute atomic E-state index is 12.3. The van der Waals surface area contributed by atoms with Gasteiger partial charge < -0.3 is 0 Å². The number of aromatic nitrogens is 3. The monoisotopic (exact) mass is 474 g/mol. The molecule has 154 valence electrons. The van der Waals surface area contributed by atoms with Crippen LogP contribution >= 0.6 is 46.0 Å².